The Morgan fingerprint density at radius 1 is 0.538 bits per heavy atom. The molecule has 0 aliphatic heterocycles. The lowest BCUT2D eigenvalue weighted by Crippen LogP contribution is -1.86. The first-order valence-electron chi connectivity index (χ1n) is 8.05. The van der Waals surface area contributed by atoms with Gasteiger partial charge in [-0.15, -0.1) is 0 Å². The third kappa shape index (κ3) is 4.68. The van der Waals surface area contributed by atoms with Crippen LogP contribution in [-0.2, 0) is 0 Å². The summed E-state index contributed by atoms with van der Waals surface area (Å²) in [6, 6.07) is 22.0. The van der Waals surface area contributed by atoms with Crippen LogP contribution in [0.25, 0.3) is 0 Å². The molecule has 0 amide bonds. The predicted octanol–water partition coefficient (Wildman–Crippen LogP) is 4.81. The van der Waals surface area contributed by atoms with E-state index in [2.05, 4.69) is 9.98 Å². The van der Waals surface area contributed by atoms with E-state index in [9.17, 15) is 9.59 Å². The molecule has 3 aromatic carbocycles. The fourth-order valence-corrected chi connectivity index (χ4v) is 2.30. The van der Waals surface area contributed by atoms with Crippen LogP contribution in [0.2, 0.25) is 0 Å². The highest BCUT2D eigenvalue weighted by atomic mass is 16.1. The maximum absolute atomic E-state index is 10.7. The Bertz CT molecular complexity index is 879. The molecule has 0 aliphatic rings. The molecule has 26 heavy (non-hydrogen) atoms. The fourth-order valence-electron chi connectivity index (χ4n) is 2.30. The summed E-state index contributed by atoms with van der Waals surface area (Å²) in [4.78, 5) is 30.2. The third-order valence-electron chi connectivity index (χ3n) is 3.69. The maximum atomic E-state index is 10.7. The third-order valence-corrected chi connectivity index (χ3v) is 3.69. The van der Waals surface area contributed by atoms with E-state index in [1.54, 1.807) is 61.0 Å². The molecule has 0 saturated carbocycles. The summed E-state index contributed by atoms with van der Waals surface area (Å²) >= 11 is 0. The minimum Gasteiger partial charge on any atom is -0.298 e. The lowest BCUT2D eigenvalue weighted by Gasteiger charge is -1.98. The molecule has 3 rings (SSSR count). The Balaban J connectivity index is 1.72. The topological polar surface area (TPSA) is 58.9 Å². The average molecular weight is 340 g/mol. The molecule has 126 valence electrons. The molecule has 0 spiro atoms. The number of carbonyl (C=O) groups excluding carboxylic acids is 2. The van der Waals surface area contributed by atoms with E-state index < -0.39 is 0 Å². The molecule has 4 heteroatoms. The minimum absolute atomic E-state index is 0.628. The summed E-state index contributed by atoms with van der Waals surface area (Å²) in [6.07, 6.45) is 5.16. The maximum Gasteiger partial charge on any atom is 0.150 e. The van der Waals surface area contributed by atoms with E-state index in [-0.39, 0.29) is 0 Å². The van der Waals surface area contributed by atoms with E-state index in [0.717, 1.165) is 35.1 Å². The van der Waals surface area contributed by atoms with Crippen molar-refractivity contribution in [2.75, 3.05) is 0 Å². The van der Waals surface area contributed by atoms with Gasteiger partial charge in [0.25, 0.3) is 0 Å². The van der Waals surface area contributed by atoms with E-state index in [0.29, 0.717) is 11.1 Å². The van der Waals surface area contributed by atoms with Crippen molar-refractivity contribution >= 4 is 36.4 Å². The number of aldehydes is 2. The summed E-state index contributed by atoms with van der Waals surface area (Å²) in [6.45, 7) is 0. The molecular formula is C22H16N2O2. The van der Waals surface area contributed by atoms with Crippen molar-refractivity contribution in [1.29, 1.82) is 0 Å². The fraction of sp³-hybridized carbons (Fsp3) is 0. The summed E-state index contributed by atoms with van der Waals surface area (Å²) < 4.78 is 0. The summed E-state index contributed by atoms with van der Waals surface area (Å²) in [7, 11) is 0. The number of nitrogens with zero attached hydrogens (tertiary/aromatic N) is 2. The van der Waals surface area contributed by atoms with Crippen molar-refractivity contribution in [3.63, 3.8) is 0 Å². The molecule has 0 aliphatic carbocycles. The Hall–Kier alpha value is -3.66. The van der Waals surface area contributed by atoms with Crippen molar-refractivity contribution in [3.05, 3.63) is 95.1 Å². The van der Waals surface area contributed by atoms with E-state index in [4.69, 9.17) is 0 Å². The van der Waals surface area contributed by atoms with Gasteiger partial charge < -0.3 is 0 Å². The van der Waals surface area contributed by atoms with Crippen LogP contribution in [0.3, 0.4) is 0 Å². The zero-order valence-electron chi connectivity index (χ0n) is 13.9. The first kappa shape index (κ1) is 17.2. The van der Waals surface area contributed by atoms with Crippen LogP contribution in [-0.4, -0.2) is 25.0 Å². The standard InChI is InChI=1S/C22H16N2O2/c25-15-17-4-8-21(9-5-17)23-13-19-2-1-3-20(12-19)14-24-22-10-6-18(16-26)7-11-22/h1-16H. The Labute approximate surface area is 151 Å². The molecule has 0 atom stereocenters. The minimum atomic E-state index is 0.628. The molecule has 0 saturated heterocycles. The molecule has 4 nitrogen and oxygen atoms in total. The molecule has 0 bridgehead atoms. The van der Waals surface area contributed by atoms with E-state index in [1.165, 1.54) is 0 Å². The van der Waals surface area contributed by atoms with Gasteiger partial charge in [-0.05, 0) is 65.7 Å². The van der Waals surface area contributed by atoms with Gasteiger partial charge in [0, 0.05) is 23.6 Å². The van der Waals surface area contributed by atoms with Gasteiger partial charge >= 0.3 is 0 Å². The van der Waals surface area contributed by atoms with Crippen molar-refractivity contribution in [1.82, 2.24) is 0 Å². The van der Waals surface area contributed by atoms with Crippen LogP contribution in [0.4, 0.5) is 11.4 Å². The van der Waals surface area contributed by atoms with Gasteiger partial charge in [0.1, 0.15) is 12.6 Å². The van der Waals surface area contributed by atoms with Gasteiger partial charge in [-0.25, -0.2) is 0 Å². The zero-order valence-corrected chi connectivity index (χ0v) is 13.9. The normalized spacial score (nSPS) is 11.1. The SMILES string of the molecule is O=Cc1ccc(N=Cc2cccc(C=Nc3ccc(C=O)cc3)c2)cc1. The number of carbonyl (C=O) groups is 2. The van der Waals surface area contributed by atoms with Crippen LogP contribution < -0.4 is 0 Å². The number of benzene rings is 3. The van der Waals surface area contributed by atoms with Crippen molar-refractivity contribution in [2.24, 2.45) is 9.98 Å². The van der Waals surface area contributed by atoms with Crippen LogP contribution in [0, 0.1) is 0 Å². The second-order valence-electron chi connectivity index (χ2n) is 5.61. The van der Waals surface area contributed by atoms with Gasteiger partial charge in [-0.1, -0.05) is 18.2 Å². The van der Waals surface area contributed by atoms with Crippen LogP contribution >= 0.6 is 0 Å². The summed E-state index contributed by atoms with van der Waals surface area (Å²) in [5.74, 6) is 0. The zero-order chi connectivity index (χ0) is 18.2. The highest BCUT2D eigenvalue weighted by molar-refractivity contribution is 5.88. The largest absolute Gasteiger partial charge is 0.298 e. The second kappa shape index (κ2) is 8.44. The van der Waals surface area contributed by atoms with Gasteiger partial charge in [0.15, 0.2) is 0 Å². The molecule has 3 aromatic rings. The van der Waals surface area contributed by atoms with Gasteiger partial charge in [0.2, 0.25) is 0 Å². The lowest BCUT2D eigenvalue weighted by molar-refractivity contribution is 0.111. The molecule has 0 aromatic heterocycles. The smallest absolute Gasteiger partial charge is 0.150 e. The Kier molecular flexibility index (Phi) is 5.58. The van der Waals surface area contributed by atoms with Crippen molar-refractivity contribution < 1.29 is 9.59 Å². The Morgan fingerprint density at radius 3 is 1.35 bits per heavy atom. The molecular weight excluding hydrogens is 324 g/mol. The molecule has 0 heterocycles. The molecule has 0 unspecified atom stereocenters. The van der Waals surface area contributed by atoms with Crippen molar-refractivity contribution in [3.8, 4) is 0 Å². The number of hydrogen-bond acceptors (Lipinski definition) is 4. The van der Waals surface area contributed by atoms with Crippen LogP contribution in [0.15, 0.2) is 82.8 Å². The van der Waals surface area contributed by atoms with Gasteiger partial charge in [-0.3, -0.25) is 19.6 Å². The van der Waals surface area contributed by atoms with E-state index >= 15 is 0 Å². The number of aliphatic imine (C=N–C) groups is 2. The second-order valence-corrected chi connectivity index (χ2v) is 5.61. The van der Waals surface area contributed by atoms with Crippen LogP contribution in [0.5, 0.6) is 0 Å². The predicted molar refractivity (Wildman–Crippen MR) is 105 cm³/mol. The van der Waals surface area contributed by atoms with Crippen molar-refractivity contribution in [2.45, 2.75) is 0 Å². The molecule has 0 radical (unpaired) electrons. The first-order chi connectivity index (χ1) is 12.8. The van der Waals surface area contributed by atoms with Crippen LogP contribution in [0.1, 0.15) is 31.8 Å². The lowest BCUT2D eigenvalue weighted by atomic mass is 10.1. The summed E-state index contributed by atoms with van der Waals surface area (Å²) in [5, 5.41) is 0. The monoisotopic (exact) mass is 340 g/mol. The van der Waals surface area contributed by atoms with Gasteiger partial charge in [-0.2, -0.15) is 0 Å². The summed E-state index contributed by atoms with van der Waals surface area (Å²) in [5.41, 5.74) is 4.72. The quantitative estimate of drug-likeness (QED) is 0.477. The van der Waals surface area contributed by atoms with Gasteiger partial charge in [0.05, 0.1) is 11.4 Å². The number of hydrogen-bond donors (Lipinski definition) is 0. The average Bonchev–Trinajstić information content (AvgIpc) is 2.72. The Morgan fingerprint density at radius 2 is 0.962 bits per heavy atom. The molecule has 0 fully saturated rings. The van der Waals surface area contributed by atoms with E-state index in [1.807, 2.05) is 24.3 Å². The highest BCUT2D eigenvalue weighted by Crippen LogP contribution is 2.14. The molecule has 0 N–H and O–H groups in total. The highest BCUT2D eigenvalue weighted by Gasteiger charge is 1.95. The first-order valence-corrected chi connectivity index (χ1v) is 8.05. The number of rotatable bonds is 6.